The van der Waals surface area contributed by atoms with Crippen LogP contribution in [0, 0.1) is 6.92 Å². The van der Waals surface area contributed by atoms with E-state index >= 15 is 0 Å². The van der Waals surface area contributed by atoms with Crippen molar-refractivity contribution in [3.63, 3.8) is 0 Å². The minimum absolute atomic E-state index is 0.213. The second kappa shape index (κ2) is 9.49. The van der Waals surface area contributed by atoms with E-state index in [9.17, 15) is 4.79 Å². The van der Waals surface area contributed by atoms with E-state index in [1.807, 2.05) is 73.7 Å². The lowest BCUT2D eigenvalue weighted by Crippen LogP contribution is -2.44. The molecule has 1 N–H and O–H groups in total. The molecular weight excluding hydrogens is 424 g/mol. The first-order chi connectivity index (χ1) is 16.6. The normalized spacial score (nSPS) is 14.2. The van der Waals surface area contributed by atoms with E-state index in [2.05, 4.69) is 27.1 Å². The number of hydrogen-bond acceptors (Lipinski definition) is 5. The summed E-state index contributed by atoms with van der Waals surface area (Å²) in [5, 5.41) is 7.79. The summed E-state index contributed by atoms with van der Waals surface area (Å²) in [5.41, 5.74) is 4.72. The molecule has 4 aromatic rings. The number of hydrogen-bond donors (Lipinski definition) is 1. The maximum Gasteiger partial charge on any atom is 0.259 e. The number of aromatic nitrogens is 3. The van der Waals surface area contributed by atoms with Gasteiger partial charge in [0.15, 0.2) is 0 Å². The number of para-hydroxylation sites is 1. The molecule has 7 nitrogen and oxygen atoms in total. The van der Waals surface area contributed by atoms with E-state index in [0.29, 0.717) is 16.9 Å². The Balaban J connectivity index is 1.42. The van der Waals surface area contributed by atoms with Crippen molar-refractivity contribution in [2.24, 2.45) is 0 Å². The van der Waals surface area contributed by atoms with E-state index in [0.717, 1.165) is 48.8 Å². The van der Waals surface area contributed by atoms with Crippen LogP contribution >= 0.6 is 0 Å². The molecule has 0 aliphatic carbocycles. The van der Waals surface area contributed by atoms with E-state index in [-0.39, 0.29) is 5.91 Å². The molecule has 1 amide bonds. The molecule has 1 aliphatic heterocycles. The third-order valence-electron chi connectivity index (χ3n) is 6.21. The maximum absolute atomic E-state index is 13.4. The molecule has 2 aromatic heterocycles. The monoisotopic (exact) mass is 452 g/mol. The molecule has 34 heavy (non-hydrogen) atoms. The van der Waals surface area contributed by atoms with Crippen LogP contribution in [0.4, 0.5) is 11.5 Å². The number of aryl methyl sites for hydroxylation is 1. The number of anilines is 2. The third-order valence-corrected chi connectivity index (χ3v) is 6.21. The third kappa shape index (κ3) is 4.56. The maximum atomic E-state index is 13.4. The van der Waals surface area contributed by atoms with Gasteiger partial charge in [-0.15, -0.1) is 0 Å². The Hall–Kier alpha value is -3.97. The van der Waals surface area contributed by atoms with Gasteiger partial charge >= 0.3 is 0 Å². The first-order valence-electron chi connectivity index (χ1n) is 11.5. The van der Waals surface area contributed by atoms with Crippen molar-refractivity contribution < 1.29 is 4.79 Å². The lowest BCUT2D eigenvalue weighted by Gasteiger charge is -2.33. The van der Waals surface area contributed by atoms with Crippen molar-refractivity contribution in [1.29, 1.82) is 0 Å². The smallest absolute Gasteiger partial charge is 0.259 e. The molecule has 0 radical (unpaired) electrons. The van der Waals surface area contributed by atoms with Crippen LogP contribution in [0.25, 0.3) is 16.9 Å². The van der Waals surface area contributed by atoms with Crippen LogP contribution in [-0.2, 0) is 0 Å². The molecule has 0 spiro atoms. The second-order valence-electron chi connectivity index (χ2n) is 8.64. The fourth-order valence-electron chi connectivity index (χ4n) is 4.17. The number of piperazine rings is 1. The van der Waals surface area contributed by atoms with Crippen molar-refractivity contribution in [3.05, 3.63) is 90.3 Å². The number of likely N-dealkylation sites (N-methyl/N-ethyl adjacent to an activating group) is 1. The molecule has 0 saturated carbocycles. The Morgan fingerprint density at radius 3 is 2.35 bits per heavy atom. The van der Waals surface area contributed by atoms with E-state index in [1.165, 1.54) is 0 Å². The summed E-state index contributed by atoms with van der Waals surface area (Å²) >= 11 is 0. The van der Waals surface area contributed by atoms with Crippen LogP contribution in [0.1, 0.15) is 15.9 Å². The van der Waals surface area contributed by atoms with Crippen molar-refractivity contribution >= 4 is 17.4 Å². The molecule has 1 aliphatic rings. The SMILES string of the molecule is Cc1ccccc1-c1nn(-c2ccccc2)cc1C(=O)Nc1ccc(N2CCN(C)CC2)nc1. The zero-order valence-corrected chi connectivity index (χ0v) is 19.5. The number of nitrogens with zero attached hydrogens (tertiary/aromatic N) is 5. The van der Waals surface area contributed by atoms with E-state index < -0.39 is 0 Å². The number of pyridine rings is 1. The zero-order chi connectivity index (χ0) is 23.5. The van der Waals surface area contributed by atoms with Crippen molar-refractivity contribution in [2.45, 2.75) is 6.92 Å². The Morgan fingerprint density at radius 1 is 0.912 bits per heavy atom. The second-order valence-corrected chi connectivity index (χ2v) is 8.64. The van der Waals surface area contributed by atoms with E-state index in [4.69, 9.17) is 5.10 Å². The molecule has 0 bridgehead atoms. The van der Waals surface area contributed by atoms with Crippen molar-refractivity contribution in [2.75, 3.05) is 43.4 Å². The van der Waals surface area contributed by atoms with Gasteiger partial charge in [0.05, 0.1) is 23.1 Å². The summed E-state index contributed by atoms with van der Waals surface area (Å²) in [5.74, 6) is 0.721. The van der Waals surface area contributed by atoms with Crippen LogP contribution in [0.3, 0.4) is 0 Å². The first kappa shape index (κ1) is 21.9. The van der Waals surface area contributed by atoms with Gasteiger partial charge in [0, 0.05) is 37.9 Å². The molecular formula is C27H28N6O. The van der Waals surface area contributed by atoms with Gasteiger partial charge in [0.2, 0.25) is 0 Å². The number of carbonyl (C=O) groups excluding carboxylic acids is 1. The summed E-state index contributed by atoms with van der Waals surface area (Å²) in [4.78, 5) is 22.6. The van der Waals surface area contributed by atoms with Gasteiger partial charge in [-0.1, -0.05) is 42.5 Å². The highest BCUT2D eigenvalue weighted by Gasteiger charge is 2.20. The van der Waals surface area contributed by atoms with Gasteiger partial charge in [-0.3, -0.25) is 4.79 Å². The summed E-state index contributed by atoms with van der Waals surface area (Å²) in [6.07, 6.45) is 3.51. The van der Waals surface area contributed by atoms with Crippen LogP contribution in [0.5, 0.6) is 0 Å². The largest absolute Gasteiger partial charge is 0.354 e. The van der Waals surface area contributed by atoms with Gasteiger partial charge in [0.25, 0.3) is 5.91 Å². The summed E-state index contributed by atoms with van der Waals surface area (Å²) in [6, 6.07) is 21.7. The molecule has 7 heteroatoms. The fraction of sp³-hybridized carbons (Fsp3) is 0.222. The Morgan fingerprint density at radius 2 is 1.65 bits per heavy atom. The van der Waals surface area contributed by atoms with E-state index in [1.54, 1.807) is 17.1 Å². The topological polar surface area (TPSA) is 66.3 Å². The first-order valence-corrected chi connectivity index (χ1v) is 11.5. The highest BCUT2D eigenvalue weighted by atomic mass is 16.1. The summed E-state index contributed by atoms with van der Waals surface area (Å²) in [6.45, 7) is 5.97. The van der Waals surface area contributed by atoms with Gasteiger partial charge in [0.1, 0.15) is 11.5 Å². The predicted octanol–water partition coefficient (Wildman–Crippen LogP) is 4.25. The Labute approximate surface area is 199 Å². The average Bonchev–Trinajstić information content (AvgIpc) is 3.31. The predicted molar refractivity (Wildman–Crippen MR) is 136 cm³/mol. The molecule has 5 rings (SSSR count). The molecule has 172 valence electrons. The van der Waals surface area contributed by atoms with Crippen LogP contribution in [-0.4, -0.2) is 58.8 Å². The molecule has 3 heterocycles. The Kier molecular flexibility index (Phi) is 6.10. The van der Waals surface area contributed by atoms with Crippen molar-refractivity contribution in [1.82, 2.24) is 19.7 Å². The summed E-state index contributed by atoms with van der Waals surface area (Å²) in [7, 11) is 2.13. The molecule has 0 atom stereocenters. The molecule has 1 fully saturated rings. The fourth-order valence-corrected chi connectivity index (χ4v) is 4.17. The van der Waals surface area contributed by atoms with Crippen LogP contribution in [0.15, 0.2) is 79.1 Å². The lowest BCUT2D eigenvalue weighted by atomic mass is 10.0. The summed E-state index contributed by atoms with van der Waals surface area (Å²) < 4.78 is 1.76. The van der Waals surface area contributed by atoms with Crippen molar-refractivity contribution in [3.8, 4) is 16.9 Å². The molecule has 2 aromatic carbocycles. The van der Waals surface area contributed by atoms with Gasteiger partial charge in [-0.25, -0.2) is 9.67 Å². The highest BCUT2D eigenvalue weighted by Crippen LogP contribution is 2.27. The van der Waals surface area contributed by atoms with Crippen LogP contribution in [0.2, 0.25) is 0 Å². The Bertz CT molecular complexity index is 1270. The lowest BCUT2D eigenvalue weighted by molar-refractivity contribution is 0.102. The molecule has 0 unspecified atom stereocenters. The highest BCUT2D eigenvalue weighted by molar-refractivity contribution is 6.08. The minimum atomic E-state index is -0.213. The number of benzene rings is 2. The van der Waals surface area contributed by atoms with Crippen LogP contribution < -0.4 is 10.2 Å². The van der Waals surface area contributed by atoms with Gasteiger partial charge < -0.3 is 15.1 Å². The van der Waals surface area contributed by atoms with Gasteiger partial charge in [-0.05, 0) is 43.8 Å². The minimum Gasteiger partial charge on any atom is -0.354 e. The average molecular weight is 453 g/mol. The number of amides is 1. The molecule has 1 saturated heterocycles. The number of carbonyl (C=O) groups is 1. The van der Waals surface area contributed by atoms with Gasteiger partial charge in [-0.2, -0.15) is 5.10 Å². The quantitative estimate of drug-likeness (QED) is 0.491. The zero-order valence-electron chi connectivity index (χ0n) is 19.5. The number of nitrogens with one attached hydrogen (secondary N) is 1. The number of rotatable bonds is 5. The standard InChI is InChI=1S/C27H28N6O/c1-20-8-6-7-11-23(20)26-24(19-33(30-26)22-9-4-3-5-10-22)27(34)29-21-12-13-25(28-18-21)32-16-14-31(2)15-17-32/h3-13,18-19H,14-17H2,1-2H3,(H,29,34).